The van der Waals surface area contributed by atoms with Gasteiger partial charge in [-0.1, -0.05) is 12.1 Å². The van der Waals surface area contributed by atoms with Crippen LogP contribution in [-0.2, 0) is 19.8 Å². The van der Waals surface area contributed by atoms with Crippen LogP contribution in [0.4, 0.5) is 0 Å². The van der Waals surface area contributed by atoms with Gasteiger partial charge in [-0.25, -0.2) is 0 Å². The predicted molar refractivity (Wildman–Crippen MR) is 111 cm³/mol. The number of nitrogens with two attached hydrogens (primary N) is 4. The quantitative estimate of drug-likeness (QED) is 0.394. The first kappa shape index (κ1) is 22.9. The summed E-state index contributed by atoms with van der Waals surface area (Å²) >= 11 is 0. The van der Waals surface area contributed by atoms with Crippen molar-refractivity contribution in [3.63, 3.8) is 0 Å². The van der Waals surface area contributed by atoms with Gasteiger partial charge < -0.3 is 22.9 Å². The van der Waals surface area contributed by atoms with Crippen LogP contribution in [0, 0.1) is 0 Å². The molecule has 0 amide bonds. The van der Waals surface area contributed by atoms with Gasteiger partial charge in [-0.05, 0) is 36.4 Å². The van der Waals surface area contributed by atoms with E-state index in [-0.39, 0.29) is 19.8 Å². The van der Waals surface area contributed by atoms with Crippen LogP contribution in [0.3, 0.4) is 0 Å². The molecule has 9 heteroatoms. The van der Waals surface area contributed by atoms with Crippen LogP contribution in [0.1, 0.15) is 24.2 Å². The monoisotopic (exact) mass is 568 g/mol. The molecule has 4 rings (SSSR count). The molecule has 29 heavy (non-hydrogen) atoms. The molecule has 2 aliphatic rings. The molecule has 4 heterocycles. The van der Waals surface area contributed by atoms with Gasteiger partial charge in [-0.3, -0.25) is 20.0 Å². The summed E-state index contributed by atoms with van der Waals surface area (Å²) in [5.41, 5.74) is 24.9. The summed E-state index contributed by atoms with van der Waals surface area (Å²) in [5.74, 6) is 0. The molecular weight excluding hydrogens is 543 g/mol. The average molecular weight is 567 g/mol. The second-order valence-electron chi connectivity index (χ2n) is 6.79. The Labute approximate surface area is 183 Å². The molecule has 0 atom stereocenters. The van der Waals surface area contributed by atoms with Gasteiger partial charge in [-0.15, -0.1) is 0 Å². The summed E-state index contributed by atoms with van der Waals surface area (Å²) in [5, 5.41) is 0. The van der Waals surface area contributed by atoms with Crippen molar-refractivity contribution in [2.45, 2.75) is 24.2 Å². The number of hydrogen-bond acceptors (Lipinski definition) is 8. The number of aromatic nitrogens is 2. The predicted octanol–water partition coefficient (Wildman–Crippen LogP) is 0.801. The minimum atomic E-state index is -0.797. The van der Waals surface area contributed by atoms with Crippen molar-refractivity contribution in [3.8, 4) is 0 Å². The summed E-state index contributed by atoms with van der Waals surface area (Å²) in [6.45, 7) is 0. The van der Waals surface area contributed by atoms with Gasteiger partial charge in [-0.2, -0.15) is 0 Å². The molecule has 8 N–H and O–H groups in total. The molecule has 0 aliphatic carbocycles. The Hall–Kier alpha value is -2.40. The van der Waals surface area contributed by atoms with E-state index in [2.05, 4.69) is 20.0 Å². The van der Waals surface area contributed by atoms with E-state index in [4.69, 9.17) is 22.9 Å². The summed E-state index contributed by atoms with van der Waals surface area (Å²) in [4.78, 5) is 16.8. The molecule has 0 saturated carbocycles. The molecule has 2 aliphatic heterocycles. The molecule has 2 aromatic rings. The fourth-order valence-electron chi connectivity index (χ4n) is 2.70. The van der Waals surface area contributed by atoms with Gasteiger partial charge >= 0.3 is 0 Å². The number of pyridine rings is 2. The molecular formula is C20H24N8Os. The maximum atomic E-state index is 5.79. The zero-order chi connectivity index (χ0) is 20.0. The van der Waals surface area contributed by atoms with Crippen LogP contribution in [0.15, 0.2) is 83.3 Å². The van der Waals surface area contributed by atoms with Crippen molar-refractivity contribution in [2.24, 2.45) is 32.9 Å². The van der Waals surface area contributed by atoms with E-state index in [0.717, 1.165) is 22.8 Å². The second kappa shape index (κ2) is 9.88. The third-order valence-electron chi connectivity index (χ3n) is 4.10. The second-order valence-corrected chi connectivity index (χ2v) is 6.79. The third kappa shape index (κ3) is 6.86. The Balaban J connectivity index is 0.000000200. The Kier molecular flexibility index (Phi) is 7.79. The maximum Gasteiger partial charge on any atom is 0.0903 e. The average Bonchev–Trinajstić information content (AvgIpc) is 2.68. The van der Waals surface area contributed by atoms with Gasteiger partial charge in [0.25, 0.3) is 0 Å². The van der Waals surface area contributed by atoms with E-state index in [0.29, 0.717) is 12.8 Å². The van der Waals surface area contributed by atoms with Crippen molar-refractivity contribution in [2.75, 3.05) is 0 Å². The van der Waals surface area contributed by atoms with Gasteiger partial charge in [0.05, 0.1) is 34.1 Å². The van der Waals surface area contributed by atoms with Crippen LogP contribution >= 0.6 is 0 Å². The number of aliphatic imine (C=N–C) groups is 2. The van der Waals surface area contributed by atoms with Crippen molar-refractivity contribution in [1.82, 2.24) is 9.97 Å². The fourth-order valence-corrected chi connectivity index (χ4v) is 2.70. The minimum absolute atomic E-state index is 0. The Morgan fingerprint density at radius 1 is 0.655 bits per heavy atom. The van der Waals surface area contributed by atoms with Crippen LogP contribution in [0.25, 0.3) is 0 Å². The zero-order valence-electron chi connectivity index (χ0n) is 15.8. The first-order valence-corrected chi connectivity index (χ1v) is 8.82. The van der Waals surface area contributed by atoms with Gasteiger partial charge in [0.2, 0.25) is 0 Å². The molecule has 0 spiro atoms. The molecule has 0 fully saturated rings. The minimum Gasteiger partial charge on any atom is -0.310 e. The summed E-state index contributed by atoms with van der Waals surface area (Å²) < 4.78 is 0. The van der Waals surface area contributed by atoms with E-state index in [9.17, 15) is 0 Å². The molecule has 152 valence electrons. The third-order valence-corrected chi connectivity index (χ3v) is 4.10. The molecule has 0 saturated heterocycles. The Morgan fingerprint density at radius 2 is 1.07 bits per heavy atom. The van der Waals surface area contributed by atoms with Crippen molar-refractivity contribution in [3.05, 3.63) is 84.7 Å². The first-order chi connectivity index (χ1) is 13.3. The Morgan fingerprint density at radius 3 is 1.38 bits per heavy atom. The molecule has 0 unspecified atom stereocenters. The summed E-state index contributed by atoms with van der Waals surface area (Å²) in [6.07, 6.45) is 11.1. The van der Waals surface area contributed by atoms with Crippen LogP contribution in [-0.4, -0.2) is 32.7 Å². The van der Waals surface area contributed by atoms with E-state index in [1.807, 2.05) is 36.4 Å². The fraction of sp³-hybridized carbons (Fsp3) is 0.200. The van der Waals surface area contributed by atoms with Crippen molar-refractivity contribution >= 4 is 11.4 Å². The SMILES string of the molecule is NC1(N)C=CN=C(c2ccccn2)C1.NC1(N)C=CN=C(c2ccccn2)C1.[Os]. The van der Waals surface area contributed by atoms with Crippen LogP contribution in [0.2, 0.25) is 0 Å². The molecule has 2 aromatic heterocycles. The van der Waals surface area contributed by atoms with Crippen LogP contribution < -0.4 is 22.9 Å². The van der Waals surface area contributed by atoms with Gasteiger partial charge in [0.1, 0.15) is 0 Å². The van der Waals surface area contributed by atoms with E-state index < -0.39 is 11.3 Å². The normalized spacial score (nSPS) is 18.5. The largest absolute Gasteiger partial charge is 0.310 e. The van der Waals surface area contributed by atoms with E-state index in [1.165, 1.54) is 0 Å². The first-order valence-electron chi connectivity index (χ1n) is 8.82. The van der Waals surface area contributed by atoms with Crippen molar-refractivity contribution in [1.29, 1.82) is 0 Å². The summed E-state index contributed by atoms with van der Waals surface area (Å²) in [7, 11) is 0. The number of nitrogens with zero attached hydrogens (tertiary/aromatic N) is 4. The topological polar surface area (TPSA) is 155 Å². The Bertz CT molecular complexity index is 841. The number of rotatable bonds is 2. The molecule has 0 aromatic carbocycles. The van der Waals surface area contributed by atoms with Gasteiger partial charge in [0, 0.05) is 57.4 Å². The van der Waals surface area contributed by atoms with Gasteiger partial charge in [0.15, 0.2) is 0 Å². The maximum absolute atomic E-state index is 5.79. The van der Waals surface area contributed by atoms with Crippen molar-refractivity contribution < 1.29 is 19.8 Å². The molecule has 0 bridgehead atoms. The zero-order valence-corrected chi connectivity index (χ0v) is 18.3. The standard InChI is InChI=1S/2C10H12N4.Os/c2*11-10(12)4-6-14-9(7-10)8-3-1-2-5-13-8;/h2*1-6H,7,11-12H2;. The number of hydrogen-bond donors (Lipinski definition) is 4. The summed E-state index contributed by atoms with van der Waals surface area (Å²) in [6, 6.07) is 11.3. The molecule has 8 nitrogen and oxygen atoms in total. The molecule has 0 radical (unpaired) electrons. The van der Waals surface area contributed by atoms with Crippen LogP contribution in [0.5, 0.6) is 0 Å². The smallest absolute Gasteiger partial charge is 0.0903 e. The van der Waals surface area contributed by atoms with E-state index in [1.54, 1.807) is 36.9 Å². The van der Waals surface area contributed by atoms with E-state index >= 15 is 0 Å².